The van der Waals surface area contributed by atoms with Crippen molar-refractivity contribution in [3.8, 4) is 0 Å². The maximum atomic E-state index is 11.5. The Morgan fingerprint density at radius 2 is 1.83 bits per heavy atom. The van der Waals surface area contributed by atoms with Gasteiger partial charge in [-0.15, -0.1) is 0 Å². The van der Waals surface area contributed by atoms with Gasteiger partial charge in [0.25, 0.3) is 0 Å². The fourth-order valence-electron chi connectivity index (χ4n) is 1.89. The highest BCUT2D eigenvalue weighted by molar-refractivity contribution is 7.90. The maximum absolute atomic E-state index is 11.5. The molecule has 0 saturated heterocycles. The van der Waals surface area contributed by atoms with E-state index in [1.807, 2.05) is 6.92 Å². The molecule has 0 radical (unpaired) electrons. The summed E-state index contributed by atoms with van der Waals surface area (Å²) in [5, 5.41) is -0.156. The number of nitrogens with one attached hydrogen (secondary N) is 1. The van der Waals surface area contributed by atoms with E-state index in [1.165, 1.54) is 13.5 Å². The van der Waals surface area contributed by atoms with Gasteiger partial charge in [-0.25, -0.2) is 13.1 Å². The van der Waals surface area contributed by atoms with Gasteiger partial charge in [-0.3, -0.25) is 0 Å². The van der Waals surface area contributed by atoms with E-state index in [0.717, 1.165) is 19.3 Å². The number of hydrogen-bond donors (Lipinski definition) is 1. The Labute approximate surface area is 74.6 Å². The van der Waals surface area contributed by atoms with Crippen LogP contribution in [-0.4, -0.2) is 20.7 Å². The summed E-state index contributed by atoms with van der Waals surface area (Å²) in [6.45, 7) is 2.03. The summed E-state index contributed by atoms with van der Waals surface area (Å²) in [4.78, 5) is 0. The Hall–Kier alpha value is -0.0900. The van der Waals surface area contributed by atoms with Crippen LogP contribution in [0.4, 0.5) is 0 Å². The standard InChI is InChI=1S/C8H17NO2S/c1-7-5-3-4-6-8(7)12(10,11)9-2/h7-9H,3-6H2,1-2H3. The van der Waals surface area contributed by atoms with Crippen molar-refractivity contribution >= 4 is 10.0 Å². The molecule has 0 bridgehead atoms. The van der Waals surface area contributed by atoms with Crippen molar-refractivity contribution in [3.63, 3.8) is 0 Å². The van der Waals surface area contributed by atoms with Gasteiger partial charge in [0.05, 0.1) is 5.25 Å². The molecule has 0 heterocycles. The highest BCUT2D eigenvalue weighted by atomic mass is 32.2. The third kappa shape index (κ3) is 1.98. The van der Waals surface area contributed by atoms with Crippen molar-refractivity contribution in [1.82, 2.24) is 4.72 Å². The molecule has 0 spiro atoms. The minimum absolute atomic E-state index is 0.156. The van der Waals surface area contributed by atoms with E-state index in [2.05, 4.69) is 4.72 Å². The molecule has 72 valence electrons. The fourth-order valence-corrected chi connectivity index (χ4v) is 3.42. The largest absolute Gasteiger partial charge is 0.218 e. The average molecular weight is 191 g/mol. The lowest BCUT2D eigenvalue weighted by Gasteiger charge is -2.27. The van der Waals surface area contributed by atoms with Crippen molar-refractivity contribution in [3.05, 3.63) is 0 Å². The first-order chi connectivity index (χ1) is 5.58. The molecule has 3 nitrogen and oxygen atoms in total. The van der Waals surface area contributed by atoms with Crippen LogP contribution >= 0.6 is 0 Å². The van der Waals surface area contributed by atoms with Gasteiger partial charge in [-0.05, 0) is 25.8 Å². The van der Waals surface area contributed by atoms with Crippen molar-refractivity contribution in [1.29, 1.82) is 0 Å². The zero-order valence-electron chi connectivity index (χ0n) is 7.71. The van der Waals surface area contributed by atoms with E-state index in [-0.39, 0.29) is 5.25 Å². The van der Waals surface area contributed by atoms with E-state index in [0.29, 0.717) is 5.92 Å². The zero-order valence-corrected chi connectivity index (χ0v) is 8.52. The molecular weight excluding hydrogens is 174 g/mol. The predicted octanol–water partition coefficient (Wildman–Crippen LogP) is 1.11. The van der Waals surface area contributed by atoms with Gasteiger partial charge in [-0.2, -0.15) is 0 Å². The van der Waals surface area contributed by atoms with Gasteiger partial charge in [-0.1, -0.05) is 19.8 Å². The molecular formula is C8H17NO2S. The van der Waals surface area contributed by atoms with E-state index in [4.69, 9.17) is 0 Å². The molecule has 1 aliphatic carbocycles. The van der Waals surface area contributed by atoms with Crippen molar-refractivity contribution in [2.75, 3.05) is 7.05 Å². The summed E-state index contributed by atoms with van der Waals surface area (Å²) in [7, 11) is -1.52. The Morgan fingerprint density at radius 1 is 1.25 bits per heavy atom. The number of sulfonamides is 1. The fraction of sp³-hybridized carbons (Fsp3) is 1.00. The molecule has 12 heavy (non-hydrogen) atoms. The summed E-state index contributed by atoms with van der Waals surface area (Å²) >= 11 is 0. The van der Waals surface area contributed by atoms with Crippen LogP contribution in [0.2, 0.25) is 0 Å². The summed E-state index contributed by atoms with van der Waals surface area (Å²) in [5.41, 5.74) is 0. The molecule has 0 aromatic carbocycles. The molecule has 1 fully saturated rings. The van der Waals surface area contributed by atoms with Gasteiger partial charge in [0.15, 0.2) is 0 Å². The minimum atomic E-state index is -3.02. The summed E-state index contributed by atoms with van der Waals surface area (Å²) < 4.78 is 25.3. The van der Waals surface area contributed by atoms with Crippen LogP contribution in [0.25, 0.3) is 0 Å². The molecule has 1 saturated carbocycles. The first-order valence-electron chi connectivity index (χ1n) is 4.50. The van der Waals surface area contributed by atoms with Crippen LogP contribution in [0.1, 0.15) is 32.6 Å². The predicted molar refractivity (Wildman–Crippen MR) is 49.4 cm³/mol. The number of hydrogen-bond acceptors (Lipinski definition) is 2. The van der Waals surface area contributed by atoms with Crippen molar-refractivity contribution in [2.45, 2.75) is 37.9 Å². The molecule has 4 heteroatoms. The monoisotopic (exact) mass is 191 g/mol. The summed E-state index contributed by atoms with van der Waals surface area (Å²) in [6, 6.07) is 0. The van der Waals surface area contributed by atoms with E-state index in [9.17, 15) is 8.42 Å². The maximum Gasteiger partial charge on any atom is 0.214 e. The van der Waals surface area contributed by atoms with E-state index >= 15 is 0 Å². The molecule has 0 amide bonds. The normalized spacial score (nSPS) is 31.8. The summed E-state index contributed by atoms with van der Waals surface area (Å²) in [5.74, 6) is 0.316. The van der Waals surface area contributed by atoms with Gasteiger partial charge in [0.1, 0.15) is 0 Å². The van der Waals surface area contributed by atoms with Gasteiger partial charge >= 0.3 is 0 Å². The second-order valence-corrected chi connectivity index (χ2v) is 5.65. The SMILES string of the molecule is CNS(=O)(=O)C1CCCCC1C. The average Bonchev–Trinajstić information content (AvgIpc) is 2.05. The van der Waals surface area contributed by atoms with Gasteiger partial charge < -0.3 is 0 Å². The third-order valence-corrected chi connectivity index (χ3v) is 4.78. The Balaban J connectivity index is 2.72. The molecule has 1 aliphatic rings. The lowest BCUT2D eigenvalue weighted by atomic mass is 9.90. The number of rotatable bonds is 2. The first kappa shape index (κ1) is 9.99. The highest BCUT2D eigenvalue weighted by Gasteiger charge is 2.31. The molecule has 1 N–H and O–H groups in total. The van der Waals surface area contributed by atoms with E-state index < -0.39 is 10.0 Å². The Morgan fingerprint density at radius 3 is 2.33 bits per heavy atom. The quantitative estimate of drug-likeness (QED) is 0.711. The van der Waals surface area contributed by atoms with Crippen LogP contribution in [0.3, 0.4) is 0 Å². The van der Waals surface area contributed by atoms with Crippen LogP contribution in [0, 0.1) is 5.92 Å². The smallest absolute Gasteiger partial charge is 0.214 e. The zero-order chi connectivity index (χ0) is 9.19. The third-order valence-electron chi connectivity index (χ3n) is 2.72. The van der Waals surface area contributed by atoms with Crippen LogP contribution in [-0.2, 0) is 10.0 Å². The summed E-state index contributed by atoms with van der Waals surface area (Å²) in [6.07, 6.45) is 4.10. The molecule has 0 aromatic heterocycles. The van der Waals surface area contributed by atoms with E-state index in [1.54, 1.807) is 0 Å². The minimum Gasteiger partial charge on any atom is -0.218 e. The first-order valence-corrected chi connectivity index (χ1v) is 6.05. The van der Waals surface area contributed by atoms with Crippen LogP contribution in [0.15, 0.2) is 0 Å². The lowest BCUT2D eigenvalue weighted by molar-refractivity contribution is 0.379. The second kappa shape index (κ2) is 3.75. The lowest BCUT2D eigenvalue weighted by Crippen LogP contribution is -2.38. The van der Waals surface area contributed by atoms with Gasteiger partial charge in [0, 0.05) is 0 Å². The van der Waals surface area contributed by atoms with Gasteiger partial charge in [0.2, 0.25) is 10.0 Å². The molecule has 2 unspecified atom stereocenters. The molecule has 0 aliphatic heterocycles. The molecule has 1 rings (SSSR count). The van der Waals surface area contributed by atoms with Crippen LogP contribution < -0.4 is 4.72 Å². The van der Waals surface area contributed by atoms with Crippen molar-refractivity contribution < 1.29 is 8.42 Å². The molecule has 0 aromatic rings. The topological polar surface area (TPSA) is 46.2 Å². The van der Waals surface area contributed by atoms with Crippen LogP contribution in [0.5, 0.6) is 0 Å². The van der Waals surface area contributed by atoms with Crippen molar-refractivity contribution in [2.24, 2.45) is 5.92 Å². The Kier molecular flexibility index (Phi) is 3.12. The highest BCUT2D eigenvalue weighted by Crippen LogP contribution is 2.28. The molecule has 2 atom stereocenters. The Bertz CT molecular complexity index is 235. The second-order valence-electron chi connectivity index (χ2n) is 3.55.